The normalized spacial score (nSPS) is 41.7. The fraction of sp³-hybridized carbons (Fsp3) is 1.00. The minimum absolute atomic E-state index is 0.127. The van der Waals surface area contributed by atoms with Crippen molar-refractivity contribution < 1.29 is 15.3 Å². The van der Waals surface area contributed by atoms with E-state index in [2.05, 4.69) is 5.32 Å². The van der Waals surface area contributed by atoms with Gasteiger partial charge >= 0.3 is 0 Å². The number of rotatable bonds is 1. The van der Waals surface area contributed by atoms with Crippen LogP contribution in [0.15, 0.2) is 0 Å². The molecule has 3 atom stereocenters. The molecule has 10 heavy (non-hydrogen) atoms. The lowest BCUT2D eigenvalue weighted by Gasteiger charge is -2.31. The van der Waals surface area contributed by atoms with Gasteiger partial charge in [0.25, 0.3) is 0 Å². The van der Waals surface area contributed by atoms with Crippen LogP contribution >= 0.6 is 0 Å². The molecule has 4 heteroatoms. The summed E-state index contributed by atoms with van der Waals surface area (Å²) in [6, 6.07) is -0.358. The molecule has 0 aromatic carbocycles. The molecule has 1 fully saturated rings. The van der Waals surface area contributed by atoms with Crippen molar-refractivity contribution in [2.24, 2.45) is 0 Å². The molecule has 4 N–H and O–H groups in total. The number of hydrogen-bond acceptors (Lipinski definition) is 4. The van der Waals surface area contributed by atoms with Crippen LogP contribution < -0.4 is 5.32 Å². The Morgan fingerprint density at radius 3 is 2.60 bits per heavy atom. The maximum Gasteiger partial charge on any atom is 0.0974 e. The summed E-state index contributed by atoms with van der Waals surface area (Å²) in [6.07, 6.45) is -0.949. The van der Waals surface area contributed by atoms with Crippen molar-refractivity contribution in [2.75, 3.05) is 13.2 Å². The molecule has 0 radical (unpaired) electrons. The summed E-state index contributed by atoms with van der Waals surface area (Å²) >= 11 is 0. The highest BCUT2D eigenvalue weighted by molar-refractivity contribution is 4.85. The van der Waals surface area contributed by atoms with E-state index in [0.29, 0.717) is 13.0 Å². The third kappa shape index (κ3) is 1.46. The standard InChI is InChI=1S/C6H13NO3/c8-3-4-6(10)5(9)1-2-7-4/h4-10H,1-3H2/t4-,5?,6?/m0/s1. The Morgan fingerprint density at radius 2 is 2.10 bits per heavy atom. The van der Waals surface area contributed by atoms with Crippen molar-refractivity contribution in [1.29, 1.82) is 0 Å². The highest BCUT2D eigenvalue weighted by atomic mass is 16.3. The fourth-order valence-electron chi connectivity index (χ4n) is 1.15. The lowest BCUT2D eigenvalue weighted by molar-refractivity contribution is -0.0382. The maximum atomic E-state index is 9.16. The molecule has 60 valence electrons. The van der Waals surface area contributed by atoms with E-state index in [4.69, 9.17) is 15.3 Å². The first-order valence-electron chi connectivity index (χ1n) is 3.46. The summed E-state index contributed by atoms with van der Waals surface area (Å²) in [7, 11) is 0. The van der Waals surface area contributed by atoms with Crippen molar-refractivity contribution in [3.05, 3.63) is 0 Å². The van der Waals surface area contributed by atoms with Crippen LogP contribution in [0.4, 0.5) is 0 Å². The molecule has 0 bridgehead atoms. The van der Waals surface area contributed by atoms with Crippen LogP contribution in [0, 0.1) is 0 Å². The SMILES string of the molecule is OC[C@@H]1NCCC(O)C1O. The Hall–Kier alpha value is -0.160. The quantitative estimate of drug-likeness (QED) is 0.348. The van der Waals surface area contributed by atoms with E-state index in [1.54, 1.807) is 0 Å². The number of piperidine rings is 1. The van der Waals surface area contributed by atoms with E-state index < -0.39 is 12.2 Å². The van der Waals surface area contributed by atoms with E-state index >= 15 is 0 Å². The smallest absolute Gasteiger partial charge is 0.0974 e. The van der Waals surface area contributed by atoms with Gasteiger partial charge in [-0.25, -0.2) is 0 Å². The zero-order valence-corrected chi connectivity index (χ0v) is 5.70. The molecule has 1 rings (SSSR count). The number of aliphatic hydroxyl groups is 3. The van der Waals surface area contributed by atoms with Gasteiger partial charge in [0.1, 0.15) is 0 Å². The predicted octanol–water partition coefficient (Wildman–Crippen LogP) is -1.94. The molecule has 2 unspecified atom stereocenters. The molecule has 0 spiro atoms. The summed E-state index contributed by atoms with van der Waals surface area (Å²) in [5.74, 6) is 0. The van der Waals surface area contributed by atoms with E-state index in [-0.39, 0.29) is 12.6 Å². The Kier molecular flexibility index (Phi) is 2.62. The predicted molar refractivity (Wildman–Crippen MR) is 35.5 cm³/mol. The van der Waals surface area contributed by atoms with Crippen LogP contribution in [0.1, 0.15) is 6.42 Å². The molecular weight excluding hydrogens is 134 g/mol. The van der Waals surface area contributed by atoms with E-state index in [9.17, 15) is 0 Å². The summed E-state index contributed by atoms with van der Waals surface area (Å²) in [5, 5.41) is 29.8. The molecule has 0 aromatic rings. The summed E-state index contributed by atoms with van der Waals surface area (Å²) < 4.78 is 0. The van der Waals surface area contributed by atoms with E-state index in [1.807, 2.05) is 0 Å². The molecule has 4 nitrogen and oxygen atoms in total. The summed E-state index contributed by atoms with van der Waals surface area (Å²) in [5.41, 5.74) is 0. The van der Waals surface area contributed by atoms with Gasteiger partial charge in [-0.05, 0) is 13.0 Å². The van der Waals surface area contributed by atoms with Crippen molar-refractivity contribution in [3.63, 3.8) is 0 Å². The molecule has 1 heterocycles. The van der Waals surface area contributed by atoms with Gasteiger partial charge < -0.3 is 20.6 Å². The first kappa shape index (κ1) is 7.94. The average molecular weight is 147 g/mol. The lowest BCUT2D eigenvalue weighted by Crippen LogP contribution is -2.54. The second-order valence-electron chi connectivity index (χ2n) is 2.59. The molecule has 1 saturated heterocycles. The lowest BCUT2D eigenvalue weighted by atomic mass is 9.99. The highest BCUT2D eigenvalue weighted by Crippen LogP contribution is 2.08. The van der Waals surface area contributed by atoms with Gasteiger partial charge in [-0.15, -0.1) is 0 Å². The number of aliphatic hydroxyl groups excluding tert-OH is 3. The van der Waals surface area contributed by atoms with Gasteiger partial charge in [-0.2, -0.15) is 0 Å². The Bertz CT molecular complexity index is 109. The third-order valence-electron chi connectivity index (χ3n) is 1.85. The Balaban J connectivity index is 2.42. The van der Waals surface area contributed by atoms with Gasteiger partial charge in [0.15, 0.2) is 0 Å². The Morgan fingerprint density at radius 1 is 1.40 bits per heavy atom. The fourth-order valence-corrected chi connectivity index (χ4v) is 1.15. The first-order chi connectivity index (χ1) is 4.75. The van der Waals surface area contributed by atoms with Gasteiger partial charge in [0.2, 0.25) is 0 Å². The second-order valence-corrected chi connectivity index (χ2v) is 2.59. The first-order valence-corrected chi connectivity index (χ1v) is 3.46. The van der Waals surface area contributed by atoms with Crippen LogP contribution in [-0.4, -0.2) is 46.7 Å². The zero-order chi connectivity index (χ0) is 7.56. The van der Waals surface area contributed by atoms with Crippen LogP contribution in [0.2, 0.25) is 0 Å². The van der Waals surface area contributed by atoms with Crippen molar-refractivity contribution in [2.45, 2.75) is 24.7 Å². The molecule has 0 amide bonds. The van der Waals surface area contributed by atoms with Crippen LogP contribution in [-0.2, 0) is 0 Å². The highest BCUT2D eigenvalue weighted by Gasteiger charge is 2.28. The zero-order valence-electron chi connectivity index (χ0n) is 5.70. The third-order valence-corrected chi connectivity index (χ3v) is 1.85. The molecule has 1 aliphatic heterocycles. The van der Waals surface area contributed by atoms with Crippen LogP contribution in [0.3, 0.4) is 0 Å². The number of nitrogens with one attached hydrogen (secondary N) is 1. The van der Waals surface area contributed by atoms with Gasteiger partial charge in [0, 0.05) is 0 Å². The molecule has 1 aliphatic rings. The minimum Gasteiger partial charge on any atom is -0.395 e. The largest absolute Gasteiger partial charge is 0.395 e. The average Bonchev–Trinajstić information content (AvgIpc) is 1.95. The minimum atomic E-state index is -0.821. The topological polar surface area (TPSA) is 72.7 Å². The van der Waals surface area contributed by atoms with Gasteiger partial charge in [0.05, 0.1) is 24.9 Å². The second kappa shape index (κ2) is 3.30. The summed E-state index contributed by atoms with van der Waals surface area (Å²) in [6.45, 7) is 0.529. The molecular formula is C6H13NO3. The van der Waals surface area contributed by atoms with Crippen molar-refractivity contribution in [3.8, 4) is 0 Å². The van der Waals surface area contributed by atoms with Crippen molar-refractivity contribution >= 4 is 0 Å². The number of hydrogen-bond donors (Lipinski definition) is 4. The summed E-state index contributed by atoms with van der Waals surface area (Å²) in [4.78, 5) is 0. The van der Waals surface area contributed by atoms with E-state index in [1.165, 1.54) is 0 Å². The molecule has 0 aliphatic carbocycles. The maximum absolute atomic E-state index is 9.16. The monoisotopic (exact) mass is 147 g/mol. The van der Waals surface area contributed by atoms with Gasteiger partial charge in [-0.3, -0.25) is 0 Å². The van der Waals surface area contributed by atoms with Crippen LogP contribution in [0.25, 0.3) is 0 Å². The van der Waals surface area contributed by atoms with E-state index in [0.717, 1.165) is 0 Å². The van der Waals surface area contributed by atoms with Gasteiger partial charge in [-0.1, -0.05) is 0 Å². The Labute approximate surface area is 59.5 Å². The van der Waals surface area contributed by atoms with Crippen LogP contribution in [0.5, 0.6) is 0 Å². The van der Waals surface area contributed by atoms with Crippen molar-refractivity contribution in [1.82, 2.24) is 5.32 Å². The molecule has 0 saturated carbocycles. The molecule has 0 aromatic heterocycles.